The highest BCUT2D eigenvalue weighted by molar-refractivity contribution is 5.80. The highest BCUT2D eigenvalue weighted by Gasteiger charge is 2.28. The molecule has 1 heterocycles. The van der Waals surface area contributed by atoms with Crippen molar-refractivity contribution in [2.75, 3.05) is 19.7 Å². The van der Waals surface area contributed by atoms with E-state index in [9.17, 15) is 9.59 Å². The van der Waals surface area contributed by atoms with Gasteiger partial charge in [0.05, 0.1) is 0 Å². The fourth-order valence-corrected chi connectivity index (χ4v) is 3.16. The van der Waals surface area contributed by atoms with Crippen molar-refractivity contribution in [1.82, 2.24) is 10.2 Å². The summed E-state index contributed by atoms with van der Waals surface area (Å²) in [5.74, 6) is 1.48. The van der Waals surface area contributed by atoms with E-state index in [1.807, 2.05) is 30.3 Å². The summed E-state index contributed by atoms with van der Waals surface area (Å²) >= 11 is 0. The molecule has 5 nitrogen and oxygen atoms in total. The molecule has 2 amide bonds. The van der Waals surface area contributed by atoms with Gasteiger partial charge in [-0.1, -0.05) is 32.0 Å². The molecule has 1 aliphatic rings. The maximum absolute atomic E-state index is 12.4. The topological polar surface area (TPSA) is 58.6 Å². The molecule has 0 aliphatic carbocycles. The van der Waals surface area contributed by atoms with Crippen LogP contribution in [-0.4, -0.2) is 42.5 Å². The minimum absolute atomic E-state index is 0.00981. The average Bonchev–Trinajstić information content (AvgIpc) is 2.65. The molecule has 0 bridgehead atoms. The van der Waals surface area contributed by atoms with E-state index in [-0.39, 0.29) is 30.4 Å². The number of amides is 2. The number of hydrogen-bond donors (Lipinski definition) is 1. The monoisotopic (exact) mass is 360 g/mol. The largest absolute Gasteiger partial charge is 0.484 e. The Hall–Kier alpha value is -2.04. The second-order valence-electron chi connectivity index (χ2n) is 7.64. The van der Waals surface area contributed by atoms with Crippen LogP contribution in [0.5, 0.6) is 5.75 Å². The zero-order chi connectivity index (χ0) is 18.9. The summed E-state index contributed by atoms with van der Waals surface area (Å²) < 4.78 is 5.52. The van der Waals surface area contributed by atoms with Gasteiger partial charge < -0.3 is 15.0 Å². The van der Waals surface area contributed by atoms with Gasteiger partial charge in [-0.15, -0.1) is 0 Å². The van der Waals surface area contributed by atoms with Crippen molar-refractivity contribution in [3.05, 3.63) is 30.3 Å². The van der Waals surface area contributed by atoms with Crippen LogP contribution in [0.25, 0.3) is 0 Å². The minimum atomic E-state index is -0.0157. The number of nitrogens with one attached hydrogen (secondary N) is 1. The van der Waals surface area contributed by atoms with E-state index in [4.69, 9.17) is 4.74 Å². The van der Waals surface area contributed by atoms with Crippen LogP contribution >= 0.6 is 0 Å². The normalized spacial score (nSPS) is 16.4. The van der Waals surface area contributed by atoms with E-state index >= 15 is 0 Å². The zero-order valence-corrected chi connectivity index (χ0v) is 16.2. The van der Waals surface area contributed by atoms with Crippen LogP contribution in [0.15, 0.2) is 30.3 Å². The van der Waals surface area contributed by atoms with E-state index in [0.29, 0.717) is 24.8 Å². The quantitative estimate of drug-likeness (QED) is 0.774. The summed E-state index contributed by atoms with van der Waals surface area (Å²) in [6.45, 7) is 7.75. The molecular formula is C21H32N2O3. The molecule has 1 N–H and O–H groups in total. The molecule has 26 heavy (non-hydrogen) atoms. The summed E-state index contributed by atoms with van der Waals surface area (Å²) in [5.41, 5.74) is 0. The fourth-order valence-electron chi connectivity index (χ4n) is 3.16. The Morgan fingerprint density at radius 3 is 2.38 bits per heavy atom. The smallest absolute Gasteiger partial charge is 0.260 e. The number of ether oxygens (including phenoxy) is 1. The van der Waals surface area contributed by atoms with Crippen LogP contribution < -0.4 is 10.1 Å². The Morgan fingerprint density at radius 2 is 1.77 bits per heavy atom. The molecule has 0 saturated carbocycles. The Balaban J connectivity index is 1.69. The maximum Gasteiger partial charge on any atom is 0.260 e. The number of carbonyl (C=O) groups is 2. The number of benzene rings is 1. The molecular weight excluding hydrogens is 328 g/mol. The standard InChI is InChI=1S/C21H32N2O3/c1-16(2)9-10-17(3)22-21(25)18-11-13-23(14-12-18)20(24)15-26-19-7-5-4-6-8-19/h4-8,16-18H,9-15H2,1-3H3,(H,22,25). The summed E-state index contributed by atoms with van der Waals surface area (Å²) in [6.07, 6.45) is 3.58. The van der Waals surface area contributed by atoms with Crippen LogP contribution in [0.1, 0.15) is 46.5 Å². The molecule has 1 saturated heterocycles. The zero-order valence-electron chi connectivity index (χ0n) is 16.2. The molecule has 5 heteroatoms. The Kier molecular flexibility index (Phi) is 7.95. The number of carbonyl (C=O) groups excluding carboxylic acids is 2. The lowest BCUT2D eigenvalue weighted by Gasteiger charge is -2.32. The highest BCUT2D eigenvalue weighted by atomic mass is 16.5. The van der Waals surface area contributed by atoms with Crippen LogP contribution in [0.3, 0.4) is 0 Å². The summed E-state index contributed by atoms with van der Waals surface area (Å²) in [4.78, 5) is 26.5. The van der Waals surface area contributed by atoms with Gasteiger partial charge in [0.1, 0.15) is 5.75 Å². The highest BCUT2D eigenvalue weighted by Crippen LogP contribution is 2.19. The van der Waals surface area contributed by atoms with E-state index in [0.717, 1.165) is 25.7 Å². The van der Waals surface area contributed by atoms with Gasteiger partial charge in [-0.05, 0) is 50.7 Å². The number of para-hydroxylation sites is 1. The predicted molar refractivity (Wildman–Crippen MR) is 103 cm³/mol. The van der Waals surface area contributed by atoms with Gasteiger partial charge in [-0.25, -0.2) is 0 Å². The Bertz CT molecular complexity index is 566. The number of hydrogen-bond acceptors (Lipinski definition) is 3. The second-order valence-corrected chi connectivity index (χ2v) is 7.64. The van der Waals surface area contributed by atoms with Gasteiger partial charge in [-0.2, -0.15) is 0 Å². The summed E-state index contributed by atoms with van der Waals surface area (Å²) in [5, 5.41) is 3.13. The van der Waals surface area contributed by atoms with Crippen molar-refractivity contribution in [3.8, 4) is 5.75 Å². The molecule has 0 aromatic heterocycles. The number of piperidine rings is 1. The summed E-state index contributed by atoms with van der Waals surface area (Å²) in [6, 6.07) is 9.56. The third-order valence-electron chi connectivity index (χ3n) is 4.89. The van der Waals surface area contributed by atoms with Crippen LogP contribution in [0.2, 0.25) is 0 Å². The maximum atomic E-state index is 12.4. The van der Waals surface area contributed by atoms with Gasteiger partial charge in [0.2, 0.25) is 5.91 Å². The van der Waals surface area contributed by atoms with Gasteiger partial charge >= 0.3 is 0 Å². The molecule has 2 rings (SSSR count). The number of likely N-dealkylation sites (tertiary alicyclic amines) is 1. The van der Waals surface area contributed by atoms with E-state index in [1.54, 1.807) is 4.90 Å². The fraction of sp³-hybridized carbons (Fsp3) is 0.619. The van der Waals surface area contributed by atoms with Crippen molar-refractivity contribution in [1.29, 1.82) is 0 Å². The minimum Gasteiger partial charge on any atom is -0.484 e. The van der Waals surface area contributed by atoms with Crippen molar-refractivity contribution in [3.63, 3.8) is 0 Å². The van der Waals surface area contributed by atoms with Crippen molar-refractivity contribution >= 4 is 11.8 Å². The number of nitrogens with zero attached hydrogens (tertiary/aromatic N) is 1. The molecule has 1 unspecified atom stereocenters. The first-order chi connectivity index (χ1) is 12.5. The molecule has 1 aromatic rings. The van der Waals surface area contributed by atoms with Gasteiger partial charge in [0.15, 0.2) is 6.61 Å². The predicted octanol–water partition coefficient (Wildman–Crippen LogP) is 3.24. The molecule has 1 fully saturated rings. The first-order valence-electron chi connectivity index (χ1n) is 9.71. The lowest BCUT2D eigenvalue weighted by atomic mass is 9.95. The Labute approximate surface area is 157 Å². The van der Waals surface area contributed by atoms with E-state index < -0.39 is 0 Å². The van der Waals surface area contributed by atoms with Gasteiger partial charge in [0.25, 0.3) is 5.91 Å². The third-order valence-corrected chi connectivity index (χ3v) is 4.89. The second kappa shape index (κ2) is 10.2. The average molecular weight is 360 g/mol. The Morgan fingerprint density at radius 1 is 1.12 bits per heavy atom. The van der Waals surface area contributed by atoms with Crippen LogP contribution in [0, 0.1) is 11.8 Å². The van der Waals surface area contributed by atoms with Gasteiger partial charge in [0, 0.05) is 25.0 Å². The number of rotatable bonds is 8. The van der Waals surface area contributed by atoms with E-state index in [1.165, 1.54) is 0 Å². The van der Waals surface area contributed by atoms with Crippen molar-refractivity contribution in [2.24, 2.45) is 11.8 Å². The van der Waals surface area contributed by atoms with Gasteiger partial charge in [-0.3, -0.25) is 9.59 Å². The molecule has 0 spiro atoms. The van der Waals surface area contributed by atoms with Crippen LogP contribution in [-0.2, 0) is 9.59 Å². The molecule has 1 aromatic carbocycles. The van der Waals surface area contributed by atoms with Crippen molar-refractivity contribution < 1.29 is 14.3 Å². The summed E-state index contributed by atoms with van der Waals surface area (Å²) in [7, 11) is 0. The molecule has 1 atom stereocenters. The first kappa shape index (κ1) is 20.3. The third kappa shape index (κ3) is 6.70. The molecule has 144 valence electrons. The van der Waals surface area contributed by atoms with Crippen LogP contribution in [0.4, 0.5) is 0 Å². The van der Waals surface area contributed by atoms with Crippen molar-refractivity contribution in [2.45, 2.75) is 52.5 Å². The van der Waals surface area contributed by atoms with E-state index in [2.05, 4.69) is 26.1 Å². The SMILES string of the molecule is CC(C)CCC(C)NC(=O)C1CCN(C(=O)COc2ccccc2)CC1. The molecule has 1 aliphatic heterocycles. The lowest BCUT2D eigenvalue weighted by molar-refractivity contribution is -0.137. The lowest BCUT2D eigenvalue weighted by Crippen LogP contribution is -2.46. The molecule has 0 radical (unpaired) electrons. The first-order valence-corrected chi connectivity index (χ1v) is 9.71.